The number of halogens is 1. The molecule has 2 nitrogen and oxygen atoms in total. The number of benzene rings is 2. The summed E-state index contributed by atoms with van der Waals surface area (Å²) in [6.07, 6.45) is 2.89. The average Bonchev–Trinajstić information content (AvgIpc) is 2.83. The first-order valence-electron chi connectivity index (χ1n) is 6.95. The van der Waals surface area contributed by atoms with Crippen LogP contribution in [0, 0.1) is 0 Å². The van der Waals surface area contributed by atoms with E-state index in [0.717, 1.165) is 30.0 Å². The van der Waals surface area contributed by atoms with E-state index in [2.05, 4.69) is 12.1 Å². The first kappa shape index (κ1) is 13.5. The normalized spacial score (nSPS) is 18.4. The third kappa shape index (κ3) is 3.14. The van der Waals surface area contributed by atoms with Gasteiger partial charge in [-0.3, -0.25) is 0 Å². The monoisotopic (exact) mass is 287 g/mol. The van der Waals surface area contributed by atoms with Crippen molar-refractivity contribution >= 4 is 11.6 Å². The number of hydrogen-bond donors (Lipinski definition) is 1. The number of rotatable bonds is 4. The summed E-state index contributed by atoms with van der Waals surface area (Å²) in [6.45, 7) is 0. The predicted octanol–water partition coefficient (Wildman–Crippen LogP) is 3.60. The quantitative estimate of drug-likeness (QED) is 0.932. The number of ether oxygens (including phenoxy) is 1. The van der Waals surface area contributed by atoms with E-state index in [1.165, 1.54) is 11.1 Å². The minimum Gasteiger partial charge on any atom is -0.490 e. The lowest BCUT2D eigenvalue weighted by Crippen LogP contribution is -2.30. The zero-order valence-electron chi connectivity index (χ0n) is 11.3. The number of para-hydroxylation sites is 1. The molecule has 2 N–H and O–H groups in total. The van der Waals surface area contributed by atoms with Crippen molar-refractivity contribution in [2.24, 2.45) is 5.73 Å². The number of nitrogens with two attached hydrogens (primary N) is 1. The molecule has 1 aliphatic heterocycles. The van der Waals surface area contributed by atoms with E-state index >= 15 is 0 Å². The van der Waals surface area contributed by atoms with Gasteiger partial charge in [-0.05, 0) is 35.7 Å². The van der Waals surface area contributed by atoms with Crippen molar-refractivity contribution in [2.75, 3.05) is 0 Å². The van der Waals surface area contributed by atoms with Crippen LogP contribution in [-0.2, 0) is 12.8 Å². The maximum atomic E-state index is 6.25. The molecule has 0 radical (unpaired) electrons. The lowest BCUT2D eigenvalue weighted by atomic mass is 9.99. The van der Waals surface area contributed by atoms with Gasteiger partial charge < -0.3 is 10.5 Å². The minimum atomic E-state index is 0.107. The molecule has 2 aromatic rings. The van der Waals surface area contributed by atoms with Gasteiger partial charge in [-0.15, -0.1) is 0 Å². The standard InChI is InChI=1S/C17H18ClNO/c18-14-7-5-12(6-8-14)9-15(19)11-16-10-13-3-1-2-4-17(13)20-16/h1-8,15-16H,9-11,19H2. The summed E-state index contributed by atoms with van der Waals surface area (Å²) >= 11 is 5.89. The summed E-state index contributed by atoms with van der Waals surface area (Å²) in [5.74, 6) is 1.01. The fourth-order valence-corrected chi connectivity index (χ4v) is 2.86. The van der Waals surface area contributed by atoms with Gasteiger partial charge >= 0.3 is 0 Å². The van der Waals surface area contributed by atoms with E-state index in [1.54, 1.807) is 0 Å². The van der Waals surface area contributed by atoms with Gasteiger partial charge in [0.25, 0.3) is 0 Å². The molecule has 3 rings (SSSR count). The molecule has 0 fully saturated rings. The maximum absolute atomic E-state index is 6.25. The average molecular weight is 288 g/mol. The summed E-state index contributed by atoms with van der Waals surface area (Å²) in [4.78, 5) is 0. The summed E-state index contributed by atoms with van der Waals surface area (Å²) in [7, 11) is 0. The highest BCUT2D eigenvalue weighted by molar-refractivity contribution is 6.30. The second-order valence-electron chi connectivity index (χ2n) is 5.38. The predicted molar refractivity (Wildman–Crippen MR) is 82.3 cm³/mol. The Balaban J connectivity index is 1.55. The molecule has 2 unspecified atom stereocenters. The Morgan fingerprint density at radius 3 is 2.65 bits per heavy atom. The van der Waals surface area contributed by atoms with Crippen LogP contribution < -0.4 is 10.5 Å². The van der Waals surface area contributed by atoms with Crippen molar-refractivity contribution in [3.8, 4) is 5.75 Å². The number of fused-ring (bicyclic) bond motifs is 1. The highest BCUT2D eigenvalue weighted by Crippen LogP contribution is 2.30. The molecule has 3 heteroatoms. The highest BCUT2D eigenvalue weighted by atomic mass is 35.5. The van der Waals surface area contributed by atoms with Gasteiger partial charge in [0.15, 0.2) is 0 Å². The van der Waals surface area contributed by atoms with Gasteiger partial charge in [0.1, 0.15) is 11.9 Å². The molecule has 0 aromatic heterocycles. The molecule has 0 saturated heterocycles. The van der Waals surface area contributed by atoms with Crippen LogP contribution in [-0.4, -0.2) is 12.1 Å². The Kier molecular flexibility index (Phi) is 3.95. The van der Waals surface area contributed by atoms with Crippen molar-refractivity contribution in [3.63, 3.8) is 0 Å². The smallest absolute Gasteiger partial charge is 0.123 e. The van der Waals surface area contributed by atoms with Crippen LogP contribution in [0.4, 0.5) is 0 Å². The van der Waals surface area contributed by atoms with E-state index in [1.807, 2.05) is 36.4 Å². The molecular formula is C17H18ClNO. The second kappa shape index (κ2) is 5.86. The third-order valence-electron chi connectivity index (χ3n) is 3.69. The molecule has 1 heterocycles. The van der Waals surface area contributed by atoms with Gasteiger partial charge in [-0.25, -0.2) is 0 Å². The van der Waals surface area contributed by atoms with Crippen LogP contribution in [0.25, 0.3) is 0 Å². The van der Waals surface area contributed by atoms with Crippen molar-refractivity contribution in [3.05, 3.63) is 64.7 Å². The van der Waals surface area contributed by atoms with Gasteiger partial charge in [-0.2, -0.15) is 0 Å². The fraction of sp³-hybridized carbons (Fsp3) is 0.294. The molecule has 0 saturated carbocycles. The van der Waals surface area contributed by atoms with Gasteiger partial charge in [-0.1, -0.05) is 41.9 Å². The van der Waals surface area contributed by atoms with Crippen LogP contribution >= 0.6 is 11.6 Å². The van der Waals surface area contributed by atoms with Crippen molar-refractivity contribution in [1.82, 2.24) is 0 Å². The second-order valence-corrected chi connectivity index (χ2v) is 5.81. The molecular weight excluding hydrogens is 270 g/mol. The first-order chi connectivity index (χ1) is 9.70. The topological polar surface area (TPSA) is 35.2 Å². The van der Waals surface area contributed by atoms with E-state index in [0.29, 0.717) is 0 Å². The Hall–Kier alpha value is -1.51. The van der Waals surface area contributed by atoms with Gasteiger partial charge in [0, 0.05) is 23.9 Å². The van der Waals surface area contributed by atoms with Crippen molar-refractivity contribution in [2.45, 2.75) is 31.4 Å². The molecule has 2 atom stereocenters. The Morgan fingerprint density at radius 1 is 1.15 bits per heavy atom. The SMILES string of the molecule is NC(Cc1ccc(Cl)cc1)CC1Cc2ccccc2O1. The lowest BCUT2D eigenvalue weighted by molar-refractivity contribution is 0.210. The zero-order valence-corrected chi connectivity index (χ0v) is 12.0. The van der Waals surface area contributed by atoms with Gasteiger partial charge in [0.2, 0.25) is 0 Å². The summed E-state index contributed by atoms with van der Waals surface area (Å²) in [6, 6.07) is 16.2. The van der Waals surface area contributed by atoms with Crippen LogP contribution in [0.5, 0.6) is 5.75 Å². The first-order valence-corrected chi connectivity index (χ1v) is 7.33. The molecule has 0 bridgehead atoms. The van der Waals surface area contributed by atoms with Crippen LogP contribution in [0.15, 0.2) is 48.5 Å². The Labute approximate surface area is 124 Å². The zero-order chi connectivity index (χ0) is 13.9. The van der Waals surface area contributed by atoms with E-state index in [-0.39, 0.29) is 12.1 Å². The van der Waals surface area contributed by atoms with E-state index in [9.17, 15) is 0 Å². The summed E-state index contributed by atoms with van der Waals surface area (Å²) in [5.41, 5.74) is 8.75. The molecule has 20 heavy (non-hydrogen) atoms. The third-order valence-corrected chi connectivity index (χ3v) is 3.94. The van der Waals surface area contributed by atoms with Crippen molar-refractivity contribution < 1.29 is 4.74 Å². The van der Waals surface area contributed by atoms with E-state index < -0.39 is 0 Å². The molecule has 2 aromatic carbocycles. The summed E-state index contributed by atoms with van der Waals surface area (Å²) in [5, 5.41) is 0.761. The Bertz CT molecular complexity index is 557. The molecule has 0 amide bonds. The molecule has 104 valence electrons. The molecule has 0 spiro atoms. The number of hydrogen-bond acceptors (Lipinski definition) is 2. The molecule has 1 aliphatic rings. The highest BCUT2D eigenvalue weighted by Gasteiger charge is 2.24. The lowest BCUT2D eigenvalue weighted by Gasteiger charge is -2.16. The van der Waals surface area contributed by atoms with Crippen LogP contribution in [0.3, 0.4) is 0 Å². The largest absolute Gasteiger partial charge is 0.490 e. The maximum Gasteiger partial charge on any atom is 0.123 e. The Morgan fingerprint density at radius 2 is 1.90 bits per heavy atom. The molecule has 0 aliphatic carbocycles. The minimum absolute atomic E-state index is 0.107. The fourth-order valence-electron chi connectivity index (χ4n) is 2.73. The van der Waals surface area contributed by atoms with E-state index in [4.69, 9.17) is 22.1 Å². The van der Waals surface area contributed by atoms with Crippen LogP contribution in [0.1, 0.15) is 17.5 Å². The van der Waals surface area contributed by atoms with Crippen molar-refractivity contribution in [1.29, 1.82) is 0 Å². The summed E-state index contributed by atoms with van der Waals surface area (Å²) < 4.78 is 5.93. The van der Waals surface area contributed by atoms with Gasteiger partial charge in [0.05, 0.1) is 0 Å². The van der Waals surface area contributed by atoms with Crippen LogP contribution in [0.2, 0.25) is 5.02 Å².